The van der Waals surface area contributed by atoms with Crippen molar-refractivity contribution in [3.8, 4) is 0 Å². The Morgan fingerprint density at radius 2 is 2.24 bits per heavy atom. The van der Waals surface area contributed by atoms with Crippen LogP contribution < -0.4 is 10.6 Å². The fourth-order valence-corrected chi connectivity index (χ4v) is 2.26. The van der Waals surface area contributed by atoms with Crippen LogP contribution in [-0.4, -0.2) is 60.1 Å². The lowest BCUT2D eigenvalue weighted by Crippen LogP contribution is -2.34. The van der Waals surface area contributed by atoms with E-state index in [2.05, 4.69) is 15.8 Å². The highest BCUT2D eigenvalue weighted by Gasteiger charge is 2.18. The number of aromatic nitrogens is 1. The van der Waals surface area contributed by atoms with Gasteiger partial charge in [0.25, 0.3) is 0 Å². The van der Waals surface area contributed by atoms with Crippen molar-refractivity contribution in [2.75, 3.05) is 38.3 Å². The first-order chi connectivity index (χ1) is 9.93. The Balaban J connectivity index is 2.33. The van der Waals surface area contributed by atoms with E-state index in [1.807, 2.05) is 7.05 Å². The van der Waals surface area contributed by atoms with Gasteiger partial charge in [-0.15, -0.1) is 11.8 Å². The summed E-state index contributed by atoms with van der Waals surface area (Å²) in [6, 6.07) is 1.64. The van der Waals surface area contributed by atoms with E-state index in [0.717, 1.165) is 6.54 Å². The molecular formula is C13H22N4O3S. The molecular weight excluding hydrogens is 292 g/mol. The molecule has 0 spiro atoms. The third kappa shape index (κ3) is 6.17. The lowest BCUT2D eigenvalue weighted by atomic mass is 10.4. The minimum atomic E-state index is -0.344. The second-order valence-corrected chi connectivity index (χ2v) is 6.01. The summed E-state index contributed by atoms with van der Waals surface area (Å²) in [5, 5.41) is 8.99. The molecule has 0 aliphatic carbocycles. The smallest absolute Gasteiger partial charge is 0.238 e. The molecule has 7 nitrogen and oxygen atoms in total. The van der Waals surface area contributed by atoms with Gasteiger partial charge in [-0.1, -0.05) is 5.16 Å². The van der Waals surface area contributed by atoms with Crippen LogP contribution in [0.4, 0.5) is 5.82 Å². The first-order valence-electron chi connectivity index (χ1n) is 6.68. The highest BCUT2D eigenvalue weighted by molar-refractivity contribution is 8.01. The Morgan fingerprint density at radius 1 is 1.52 bits per heavy atom. The Bertz CT molecular complexity index is 478. The molecule has 0 aliphatic rings. The van der Waals surface area contributed by atoms with Gasteiger partial charge >= 0.3 is 0 Å². The molecule has 0 saturated heterocycles. The van der Waals surface area contributed by atoms with E-state index in [-0.39, 0.29) is 22.8 Å². The molecule has 2 amide bonds. The lowest BCUT2D eigenvalue weighted by molar-refractivity contribution is -0.127. The van der Waals surface area contributed by atoms with E-state index >= 15 is 0 Å². The topological polar surface area (TPSA) is 87.5 Å². The quantitative estimate of drug-likeness (QED) is 0.735. The monoisotopic (exact) mass is 314 g/mol. The van der Waals surface area contributed by atoms with Crippen LogP contribution in [-0.2, 0) is 9.59 Å². The highest BCUT2D eigenvalue weighted by Crippen LogP contribution is 2.14. The van der Waals surface area contributed by atoms with Crippen LogP contribution in [0.15, 0.2) is 10.6 Å². The van der Waals surface area contributed by atoms with Crippen LogP contribution >= 0.6 is 11.8 Å². The van der Waals surface area contributed by atoms with Gasteiger partial charge in [-0.25, -0.2) is 0 Å². The molecule has 1 aromatic rings. The Morgan fingerprint density at radius 3 is 2.81 bits per heavy atom. The highest BCUT2D eigenvalue weighted by atomic mass is 32.2. The van der Waals surface area contributed by atoms with Crippen molar-refractivity contribution >= 4 is 29.4 Å². The Labute approximate surface area is 128 Å². The average molecular weight is 314 g/mol. The SMILES string of the molecule is CNCCN(C)C(=O)CSC(C)C(=O)Nc1cc(C)on1. The van der Waals surface area contributed by atoms with Gasteiger partial charge in [0.05, 0.1) is 11.0 Å². The van der Waals surface area contributed by atoms with Crippen molar-refractivity contribution < 1.29 is 14.1 Å². The van der Waals surface area contributed by atoms with E-state index in [4.69, 9.17) is 4.52 Å². The summed E-state index contributed by atoms with van der Waals surface area (Å²) < 4.78 is 4.87. The summed E-state index contributed by atoms with van der Waals surface area (Å²) in [5.74, 6) is 1.10. The zero-order valence-electron chi connectivity index (χ0n) is 12.8. The van der Waals surface area contributed by atoms with Gasteiger partial charge < -0.3 is 20.1 Å². The van der Waals surface area contributed by atoms with Crippen LogP contribution in [0.5, 0.6) is 0 Å². The van der Waals surface area contributed by atoms with Crippen molar-refractivity contribution in [2.24, 2.45) is 0 Å². The number of nitrogens with zero attached hydrogens (tertiary/aromatic N) is 2. The number of thioether (sulfide) groups is 1. The van der Waals surface area contributed by atoms with Crippen LogP contribution in [0.2, 0.25) is 0 Å². The molecule has 1 unspecified atom stereocenters. The molecule has 1 aromatic heterocycles. The maximum absolute atomic E-state index is 11.9. The van der Waals surface area contributed by atoms with E-state index < -0.39 is 0 Å². The lowest BCUT2D eigenvalue weighted by Gasteiger charge is -2.17. The van der Waals surface area contributed by atoms with Crippen molar-refractivity contribution in [1.29, 1.82) is 0 Å². The molecule has 2 N–H and O–H groups in total. The minimum Gasteiger partial charge on any atom is -0.360 e. The van der Waals surface area contributed by atoms with E-state index in [9.17, 15) is 9.59 Å². The molecule has 1 atom stereocenters. The van der Waals surface area contributed by atoms with E-state index in [1.54, 1.807) is 31.9 Å². The summed E-state index contributed by atoms with van der Waals surface area (Å²) in [7, 11) is 3.59. The zero-order chi connectivity index (χ0) is 15.8. The molecule has 0 bridgehead atoms. The largest absolute Gasteiger partial charge is 0.360 e. The number of hydrogen-bond acceptors (Lipinski definition) is 6. The number of hydrogen-bond donors (Lipinski definition) is 2. The first-order valence-corrected chi connectivity index (χ1v) is 7.73. The van der Waals surface area contributed by atoms with Crippen LogP contribution in [0.3, 0.4) is 0 Å². The van der Waals surface area contributed by atoms with Crippen molar-refractivity contribution in [3.05, 3.63) is 11.8 Å². The molecule has 0 saturated carbocycles. The molecule has 0 aromatic carbocycles. The van der Waals surface area contributed by atoms with Gasteiger partial charge in [-0.05, 0) is 20.9 Å². The van der Waals surface area contributed by atoms with Gasteiger partial charge in [0.2, 0.25) is 11.8 Å². The maximum Gasteiger partial charge on any atom is 0.238 e. The standard InChI is InChI=1S/C13H22N4O3S/c1-9-7-11(16-20-9)15-13(19)10(2)21-8-12(18)17(4)6-5-14-3/h7,10,14H,5-6,8H2,1-4H3,(H,15,16,19). The van der Waals surface area contributed by atoms with Gasteiger partial charge in [0.15, 0.2) is 5.82 Å². The molecule has 1 heterocycles. The number of likely N-dealkylation sites (N-methyl/N-ethyl adjacent to an activating group) is 2. The van der Waals surface area contributed by atoms with Crippen LogP contribution in [0, 0.1) is 6.92 Å². The van der Waals surface area contributed by atoms with Crippen molar-refractivity contribution in [2.45, 2.75) is 19.1 Å². The third-order valence-corrected chi connectivity index (χ3v) is 3.96. The fraction of sp³-hybridized carbons (Fsp3) is 0.615. The Kier molecular flexibility index (Phi) is 7.24. The zero-order valence-corrected chi connectivity index (χ0v) is 13.6. The molecule has 0 radical (unpaired) electrons. The summed E-state index contributed by atoms with van der Waals surface area (Å²) in [6.07, 6.45) is 0. The molecule has 0 aliphatic heterocycles. The summed E-state index contributed by atoms with van der Waals surface area (Å²) in [4.78, 5) is 25.4. The molecule has 8 heteroatoms. The van der Waals surface area contributed by atoms with Gasteiger partial charge in [0.1, 0.15) is 5.76 Å². The van der Waals surface area contributed by atoms with Crippen molar-refractivity contribution in [1.82, 2.24) is 15.4 Å². The molecule has 1 rings (SSSR count). The predicted molar refractivity (Wildman–Crippen MR) is 83.4 cm³/mol. The van der Waals surface area contributed by atoms with Crippen LogP contribution in [0.1, 0.15) is 12.7 Å². The van der Waals surface area contributed by atoms with Crippen molar-refractivity contribution in [3.63, 3.8) is 0 Å². The number of nitrogens with one attached hydrogen (secondary N) is 2. The second kappa shape index (κ2) is 8.68. The normalized spacial score (nSPS) is 12.0. The second-order valence-electron chi connectivity index (χ2n) is 4.68. The third-order valence-electron chi connectivity index (χ3n) is 2.83. The summed E-state index contributed by atoms with van der Waals surface area (Å²) >= 11 is 1.30. The Hall–Kier alpha value is -1.54. The number of amides is 2. The fourth-order valence-electron chi connectivity index (χ4n) is 1.44. The maximum atomic E-state index is 11.9. The van der Waals surface area contributed by atoms with Gasteiger partial charge in [-0.2, -0.15) is 0 Å². The molecule has 118 valence electrons. The first kappa shape index (κ1) is 17.5. The number of carbonyl (C=O) groups is 2. The number of rotatable bonds is 8. The number of carbonyl (C=O) groups excluding carboxylic acids is 2. The summed E-state index contributed by atoms with van der Waals surface area (Å²) in [5.41, 5.74) is 0. The van der Waals surface area contributed by atoms with Gasteiger partial charge in [-0.3, -0.25) is 9.59 Å². The van der Waals surface area contributed by atoms with E-state index in [1.165, 1.54) is 11.8 Å². The summed E-state index contributed by atoms with van der Waals surface area (Å²) in [6.45, 7) is 4.90. The number of anilines is 1. The molecule has 21 heavy (non-hydrogen) atoms. The molecule has 0 fully saturated rings. The minimum absolute atomic E-state index is 0.00665. The van der Waals surface area contributed by atoms with Crippen LogP contribution in [0.25, 0.3) is 0 Å². The van der Waals surface area contributed by atoms with E-state index in [0.29, 0.717) is 18.1 Å². The van der Waals surface area contributed by atoms with Gasteiger partial charge in [0, 0.05) is 26.2 Å². The predicted octanol–water partition coefficient (Wildman–Crippen LogP) is 0.721. The number of aryl methyl sites for hydroxylation is 1. The average Bonchev–Trinajstić information content (AvgIpc) is 2.86.